The summed E-state index contributed by atoms with van der Waals surface area (Å²) in [5, 5.41) is 4.39. The van der Waals surface area contributed by atoms with E-state index in [0.29, 0.717) is 0 Å². The highest BCUT2D eigenvalue weighted by Crippen LogP contribution is 2.35. The third kappa shape index (κ3) is 3.02. The van der Waals surface area contributed by atoms with Crippen molar-refractivity contribution >= 4 is 16.5 Å². The molecule has 1 aliphatic rings. The Kier molecular flexibility index (Phi) is 4.03. The molecule has 1 aromatic heterocycles. The Morgan fingerprint density at radius 3 is 2.70 bits per heavy atom. The highest BCUT2D eigenvalue weighted by molar-refractivity contribution is 7.16. The lowest BCUT2D eigenvalue weighted by Gasteiger charge is -2.14. The number of nitrogens with zero attached hydrogens (tertiary/aromatic N) is 2. The predicted octanol–water partition coefficient (Wildman–Crippen LogP) is 3.38. The normalized spacial score (nSPS) is 14.5. The maximum atomic E-state index is 4.88. The van der Waals surface area contributed by atoms with Crippen molar-refractivity contribution in [2.24, 2.45) is 5.92 Å². The van der Waals surface area contributed by atoms with Crippen LogP contribution in [0.2, 0.25) is 0 Å². The van der Waals surface area contributed by atoms with Crippen LogP contribution in [0.4, 0.5) is 5.13 Å². The Morgan fingerprint density at radius 2 is 2.05 bits per heavy atom. The molecular formula is C16H21N3S. The second-order valence-corrected chi connectivity index (χ2v) is 6.55. The molecule has 1 aromatic carbocycles. The molecule has 3 rings (SSSR count). The Labute approximate surface area is 124 Å². The highest BCUT2D eigenvalue weighted by atomic mass is 32.1. The fourth-order valence-electron chi connectivity index (χ4n) is 2.37. The molecule has 1 heterocycles. The summed E-state index contributed by atoms with van der Waals surface area (Å²) in [6.07, 6.45) is 2.76. The first-order valence-corrected chi connectivity index (χ1v) is 8.00. The fraction of sp³-hybridized carbons (Fsp3) is 0.438. The van der Waals surface area contributed by atoms with Gasteiger partial charge in [0.2, 0.25) is 0 Å². The Hall–Kier alpha value is -1.39. The van der Waals surface area contributed by atoms with Gasteiger partial charge in [-0.1, -0.05) is 41.7 Å². The monoisotopic (exact) mass is 287 g/mol. The van der Waals surface area contributed by atoms with Crippen LogP contribution in [0.1, 0.15) is 17.7 Å². The zero-order chi connectivity index (χ0) is 13.9. The molecule has 0 bridgehead atoms. The van der Waals surface area contributed by atoms with Gasteiger partial charge in [0.15, 0.2) is 5.13 Å². The summed E-state index contributed by atoms with van der Waals surface area (Å²) in [7, 11) is 4.15. The standard InChI is InChI=1S/C16H21N3S/c1-17-10-14-15(13-6-4-3-5-7-13)18-16(20-14)19(2)11-12-8-9-12/h3-7,12,17H,8-11H2,1-2H3. The summed E-state index contributed by atoms with van der Waals surface area (Å²) in [6.45, 7) is 2.01. The van der Waals surface area contributed by atoms with Gasteiger partial charge in [-0.3, -0.25) is 0 Å². The maximum Gasteiger partial charge on any atom is 0.185 e. The molecule has 0 unspecified atom stereocenters. The third-order valence-electron chi connectivity index (χ3n) is 3.63. The molecule has 0 radical (unpaired) electrons. The molecule has 1 fully saturated rings. The van der Waals surface area contributed by atoms with Gasteiger partial charge in [0.05, 0.1) is 5.69 Å². The average molecular weight is 287 g/mol. The number of aromatic nitrogens is 1. The Balaban J connectivity index is 1.89. The van der Waals surface area contributed by atoms with Gasteiger partial charge in [0, 0.05) is 30.6 Å². The van der Waals surface area contributed by atoms with Crippen LogP contribution in [0.15, 0.2) is 30.3 Å². The molecule has 4 heteroatoms. The quantitative estimate of drug-likeness (QED) is 0.883. The van der Waals surface area contributed by atoms with E-state index in [2.05, 4.69) is 41.5 Å². The van der Waals surface area contributed by atoms with Gasteiger partial charge in [-0.05, 0) is 25.8 Å². The van der Waals surface area contributed by atoms with E-state index in [0.717, 1.165) is 29.8 Å². The van der Waals surface area contributed by atoms with Crippen molar-refractivity contribution < 1.29 is 0 Å². The van der Waals surface area contributed by atoms with Crippen molar-refractivity contribution in [2.75, 3.05) is 25.5 Å². The minimum Gasteiger partial charge on any atom is -0.351 e. The summed E-state index contributed by atoms with van der Waals surface area (Å²) < 4.78 is 0. The SMILES string of the molecule is CNCc1sc(N(C)CC2CC2)nc1-c1ccccc1. The van der Waals surface area contributed by atoms with Crippen LogP contribution in [-0.4, -0.2) is 25.6 Å². The first kappa shape index (κ1) is 13.6. The van der Waals surface area contributed by atoms with Crippen molar-refractivity contribution in [1.82, 2.24) is 10.3 Å². The first-order chi connectivity index (χ1) is 9.78. The summed E-state index contributed by atoms with van der Waals surface area (Å²) in [5.74, 6) is 0.886. The van der Waals surface area contributed by atoms with Gasteiger partial charge in [0.25, 0.3) is 0 Å². The molecule has 0 amide bonds. The van der Waals surface area contributed by atoms with Gasteiger partial charge in [-0.25, -0.2) is 4.98 Å². The molecule has 3 nitrogen and oxygen atoms in total. The lowest BCUT2D eigenvalue weighted by atomic mass is 10.1. The van der Waals surface area contributed by atoms with Crippen molar-refractivity contribution in [3.8, 4) is 11.3 Å². The van der Waals surface area contributed by atoms with Crippen LogP contribution in [0.3, 0.4) is 0 Å². The lowest BCUT2D eigenvalue weighted by molar-refractivity contribution is 0.785. The van der Waals surface area contributed by atoms with E-state index in [1.54, 1.807) is 0 Å². The summed E-state index contributed by atoms with van der Waals surface area (Å²) >= 11 is 1.81. The number of anilines is 1. The smallest absolute Gasteiger partial charge is 0.185 e. The second-order valence-electron chi connectivity index (χ2n) is 5.49. The third-order valence-corrected chi connectivity index (χ3v) is 4.80. The molecule has 1 saturated carbocycles. The van der Waals surface area contributed by atoms with Crippen LogP contribution in [0, 0.1) is 5.92 Å². The number of rotatable bonds is 6. The molecule has 0 saturated heterocycles. The number of thiazole rings is 1. The number of nitrogens with one attached hydrogen (secondary N) is 1. The summed E-state index contributed by atoms with van der Waals surface area (Å²) in [6, 6.07) is 10.5. The zero-order valence-electron chi connectivity index (χ0n) is 12.1. The average Bonchev–Trinajstić information content (AvgIpc) is 3.17. The van der Waals surface area contributed by atoms with Crippen molar-refractivity contribution in [3.05, 3.63) is 35.2 Å². The Morgan fingerprint density at radius 1 is 1.30 bits per heavy atom. The predicted molar refractivity (Wildman–Crippen MR) is 86.3 cm³/mol. The first-order valence-electron chi connectivity index (χ1n) is 7.19. The molecule has 1 N–H and O–H groups in total. The minimum atomic E-state index is 0.874. The van der Waals surface area contributed by atoms with Crippen molar-refractivity contribution in [3.63, 3.8) is 0 Å². The van der Waals surface area contributed by atoms with E-state index in [1.807, 2.05) is 24.5 Å². The van der Waals surface area contributed by atoms with E-state index in [-0.39, 0.29) is 0 Å². The summed E-state index contributed by atoms with van der Waals surface area (Å²) in [4.78, 5) is 8.51. The number of hydrogen-bond donors (Lipinski definition) is 1. The number of benzene rings is 1. The van der Waals surface area contributed by atoms with Gasteiger partial charge in [-0.15, -0.1) is 0 Å². The van der Waals surface area contributed by atoms with Crippen LogP contribution in [0.5, 0.6) is 0 Å². The maximum absolute atomic E-state index is 4.88. The van der Waals surface area contributed by atoms with Crippen molar-refractivity contribution in [2.45, 2.75) is 19.4 Å². The number of hydrogen-bond acceptors (Lipinski definition) is 4. The molecule has 0 aliphatic heterocycles. The fourth-order valence-corrected chi connectivity index (χ4v) is 3.43. The minimum absolute atomic E-state index is 0.874. The summed E-state index contributed by atoms with van der Waals surface area (Å²) in [5.41, 5.74) is 2.34. The van der Waals surface area contributed by atoms with E-state index < -0.39 is 0 Å². The van der Waals surface area contributed by atoms with Crippen LogP contribution in [0.25, 0.3) is 11.3 Å². The molecule has 2 aromatic rings. The zero-order valence-corrected chi connectivity index (χ0v) is 12.9. The molecule has 1 aliphatic carbocycles. The Bertz CT molecular complexity index is 560. The molecule has 0 atom stereocenters. The largest absolute Gasteiger partial charge is 0.351 e. The van der Waals surface area contributed by atoms with Gasteiger partial charge < -0.3 is 10.2 Å². The lowest BCUT2D eigenvalue weighted by Crippen LogP contribution is -2.19. The van der Waals surface area contributed by atoms with E-state index >= 15 is 0 Å². The van der Waals surface area contributed by atoms with E-state index in [1.165, 1.54) is 23.3 Å². The van der Waals surface area contributed by atoms with Crippen LogP contribution >= 0.6 is 11.3 Å². The van der Waals surface area contributed by atoms with Gasteiger partial charge in [-0.2, -0.15) is 0 Å². The van der Waals surface area contributed by atoms with Crippen LogP contribution < -0.4 is 10.2 Å². The highest BCUT2D eigenvalue weighted by Gasteiger charge is 2.24. The molecule has 0 spiro atoms. The van der Waals surface area contributed by atoms with Crippen LogP contribution in [-0.2, 0) is 6.54 Å². The molecular weight excluding hydrogens is 266 g/mol. The second kappa shape index (κ2) is 5.94. The topological polar surface area (TPSA) is 28.2 Å². The molecule has 106 valence electrons. The van der Waals surface area contributed by atoms with Crippen molar-refractivity contribution in [1.29, 1.82) is 0 Å². The van der Waals surface area contributed by atoms with Gasteiger partial charge in [0.1, 0.15) is 0 Å². The van der Waals surface area contributed by atoms with E-state index in [4.69, 9.17) is 4.98 Å². The van der Waals surface area contributed by atoms with E-state index in [9.17, 15) is 0 Å². The molecule has 20 heavy (non-hydrogen) atoms. The van der Waals surface area contributed by atoms with Gasteiger partial charge >= 0.3 is 0 Å².